The van der Waals surface area contributed by atoms with Crippen LogP contribution in [0.25, 0.3) is 0 Å². The van der Waals surface area contributed by atoms with Crippen molar-refractivity contribution in [3.8, 4) is 5.75 Å². The summed E-state index contributed by atoms with van der Waals surface area (Å²) in [6.45, 7) is 3.46. The summed E-state index contributed by atoms with van der Waals surface area (Å²) in [4.78, 5) is 12.1. The second-order valence-electron chi connectivity index (χ2n) is 5.45. The Morgan fingerprint density at radius 2 is 2.10 bits per heavy atom. The van der Waals surface area contributed by atoms with Gasteiger partial charge in [-0.1, -0.05) is 6.07 Å². The van der Waals surface area contributed by atoms with Gasteiger partial charge in [-0.25, -0.2) is 0 Å². The number of aliphatic hydroxyl groups excluding tert-OH is 1. The second kappa shape index (κ2) is 6.24. The van der Waals surface area contributed by atoms with Crippen molar-refractivity contribution in [1.29, 1.82) is 0 Å². The Kier molecular flexibility index (Phi) is 4.62. The number of nitrogens with one attached hydrogen (secondary N) is 1. The molecule has 0 spiro atoms. The summed E-state index contributed by atoms with van der Waals surface area (Å²) in [6, 6.07) is 4.85. The number of aliphatic hydroxyl groups is 1. The Balaban J connectivity index is 1.98. The predicted octanol–water partition coefficient (Wildman–Crippen LogP) is 1.22. The molecule has 1 fully saturated rings. The summed E-state index contributed by atoms with van der Waals surface area (Å²) < 4.78 is 5.29. The molecule has 1 aliphatic heterocycles. The molecular weight excluding hydrogens is 258 g/mol. The average Bonchev–Trinajstić information content (AvgIpc) is 2.48. The molecule has 0 aromatic heterocycles. The molecule has 2 rings (SSSR count). The highest BCUT2D eigenvalue weighted by Crippen LogP contribution is 2.29. The molecule has 1 amide bonds. The third kappa shape index (κ3) is 3.29. The fourth-order valence-electron chi connectivity index (χ4n) is 2.32. The van der Waals surface area contributed by atoms with Crippen LogP contribution in [0.5, 0.6) is 5.75 Å². The van der Waals surface area contributed by atoms with Gasteiger partial charge < -0.3 is 20.3 Å². The van der Waals surface area contributed by atoms with Crippen molar-refractivity contribution in [3.05, 3.63) is 29.3 Å². The number of hydrogen-bond donors (Lipinski definition) is 3. The first-order valence-electron chi connectivity index (χ1n) is 6.83. The van der Waals surface area contributed by atoms with Crippen LogP contribution in [0.1, 0.15) is 28.8 Å². The van der Waals surface area contributed by atoms with Gasteiger partial charge in [-0.15, -0.1) is 0 Å². The molecule has 1 aliphatic rings. The van der Waals surface area contributed by atoms with Crippen LogP contribution in [0.4, 0.5) is 0 Å². The number of phenols is 1. The highest BCUT2D eigenvalue weighted by atomic mass is 16.5. The van der Waals surface area contributed by atoms with Crippen molar-refractivity contribution in [2.24, 2.45) is 5.41 Å². The van der Waals surface area contributed by atoms with Crippen molar-refractivity contribution in [3.63, 3.8) is 0 Å². The van der Waals surface area contributed by atoms with Crippen LogP contribution in [-0.4, -0.2) is 42.5 Å². The molecule has 0 aliphatic carbocycles. The first kappa shape index (κ1) is 14.8. The summed E-state index contributed by atoms with van der Waals surface area (Å²) in [5.74, 6) is -0.125. The Labute approximate surface area is 118 Å². The maximum absolute atomic E-state index is 12.1. The van der Waals surface area contributed by atoms with Gasteiger partial charge in [-0.2, -0.15) is 0 Å². The van der Waals surface area contributed by atoms with E-state index in [4.69, 9.17) is 4.74 Å². The lowest BCUT2D eigenvalue weighted by atomic mass is 9.81. The maximum Gasteiger partial charge on any atom is 0.251 e. The van der Waals surface area contributed by atoms with E-state index in [1.165, 1.54) is 6.07 Å². The van der Waals surface area contributed by atoms with Gasteiger partial charge in [0.1, 0.15) is 5.75 Å². The molecule has 1 aromatic carbocycles. The topological polar surface area (TPSA) is 78.8 Å². The third-order valence-electron chi connectivity index (χ3n) is 3.98. The van der Waals surface area contributed by atoms with Crippen LogP contribution >= 0.6 is 0 Å². The molecule has 0 saturated carbocycles. The van der Waals surface area contributed by atoms with E-state index < -0.39 is 0 Å². The highest BCUT2D eigenvalue weighted by Gasteiger charge is 2.32. The van der Waals surface area contributed by atoms with Crippen molar-refractivity contribution in [2.75, 3.05) is 26.4 Å². The first-order chi connectivity index (χ1) is 9.56. The molecule has 1 aromatic rings. The number of rotatable bonds is 4. The first-order valence-corrected chi connectivity index (χ1v) is 6.83. The van der Waals surface area contributed by atoms with Crippen molar-refractivity contribution in [2.45, 2.75) is 19.8 Å². The van der Waals surface area contributed by atoms with Crippen LogP contribution < -0.4 is 5.32 Å². The lowest BCUT2D eigenvalue weighted by molar-refractivity contribution is -0.0146. The van der Waals surface area contributed by atoms with Crippen molar-refractivity contribution < 1.29 is 19.7 Å². The van der Waals surface area contributed by atoms with Gasteiger partial charge in [0.25, 0.3) is 5.91 Å². The van der Waals surface area contributed by atoms with Crippen molar-refractivity contribution >= 4 is 5.91 Å². The molecule has 0 radical (unpaired) electrons. The molecule has 3 N–H and O–H groups in total. The molecule has 0 atom stereocenters. The van der Waals surface area contributed by atoms with Crippen LogP contribution in [-0.2, 0) is 4.74 Å². The normalized spacial score (nSPS) is 17.7. The zero-order valence-electron chi connectivity index (χ0n) is 11.7. The van der Waals surface area contributed by atoms with Gasteiger partial charge in [0.05, 0.1) is 6.61 Å². The smallest absolute Gasteiger partial charge is 0.251 e. The minimum atomic E-state index is -0.291. The van der Waals surface area contributed by atoms with Gasteiger partial charge in [-0.05, 0) is 37.5 Å². The van der Waals surface area contributed by atoms with E-state index >= 15 is 0 Å². The van der Waals surface area contributed by atoms with Crippen LogP contribution in [0, 0.1) is 12.3 Å². The number of benzene rings is 1. The van der Waals surface area contributed by atoms with Gasteiger partial charge >= 0.3 is 0 Å². The lowest BCUT2D eigenvalue weighted by Gasteiger charge is -2.35. The molecule has 1 heterocycles. The van der Waals surface area contributed by atoms with Crippen LogP contribution in [0.15, 0.2) is 18.2 Å². The zero-order chi connectivity index (χ0) is 14.6. The molecule has 5 nitrogen and oxygen atoms in total. The molecular formula is C15H21NO4. The SMILES string of the molecule is Cc1ccc(C(=O)NCC2(CO)CCOCC2)cc1O. The van der Waals surface area contributed by atoms with E-state index in [9.17, 15) is 15.0 Å². The number of ether oxygens (including phenoxy) is 1. The van der Waals surface area contributed by atoms with E-state index in [0.717, 1.165) is 18.4 Å². The molecule has 5 heteroatoms. The largest absolute Gasteiger partial charge is 0.508 e. The maximum atomic E-state index is 12.1. The number of carbonyl (C=O) groups excluding carboxylic acids is 1. The summed E-state index contributed by atoms with van der Waals surface area (Å²) in [7, 11) is 0. The number of amides is 1. The standard InChI is InChI=1S/C15H21NO4/c1-11-2-3-12(8-13(11)18)14(19)16-9-15(10-17)4-6-20-7-5-15/h2-3,8,17-18H,4-7,9-10H2,1H3,(H,16,19). The highest BCUT2D eigenvalue weighted by molar-refractivity contribution is 5.94. The molecule has 0 unspecified atom stereocenters. The monoisotopic (exact) mass is 279 g/mol. The Morgan fingerprint density at radius 1 is 1.40 bits per heavy atom. The van der Waals surface area contributed by atoms with E-state index in [1.54, 1.807) is 19.1 Å². The fourth-order valence-corrected chi connectivity index (χ4v) is 2.32. The molecule has 1 saturated heterocycles. The minimum Gasteiger partial charge on any atom is -0.508 e. The second-order valence-corrected chi connectivity index (χ2v) is 5.45. The molecule has 0 bridgehead atoms. The van der Waals surface area contributed by atoms with E-state index in [1.807, 2.05) is 0 Å². The predicted molar refractivity (Wildman–Crippen MR) is 74.7 cm³/mol. The summed E-state index contributed by atoms with van der Waals surface area (Å²) in [6.07, 6.45) is 1.48. The minimum absolute atomic E-state index is 0.0375. The fraction of sp³-hybridized carbons (Fsp3) is 0.533. The molecule has 110 valence electrons. The van der Waals surface area contributed by atoms with Crippen LogP contribution in [0.3, 0.4) is 0 Å². The Bertz CT molecular complexity index is 481. The van der Waals surface area contributed by atoms with Gasteiger partial charge in [-0.3, -0.25) is 4.79 Å². The Hall–Kier alpha value is -1.59. The number of aromatic hydroxyl groups is 1. The number of hydrogen-bond acceptors (Lipinski definition) is 4. The van der Waals surface area contributed by atoms with E-state index in [0.29, 0.717) is 25.3 Å². The summed E-state index contributed by atoms with van der Waals surface area (Å²) in [5.41, 5.74) is 0.867. The van der Waals surface area contributed by atoms with E-state index in [-0.39, 0.29) is 23.7 Å². The van der Waals surface area contributed by atoms with Crippen LogP contribution in [0.2, 0.25) is 0 Å². The quantitative estimate of drug-likeness (QED) is 0.774. The summed E-state index contributed by atoms with van der Waals surface area (Å²) >= 11 is 0. The Morgan fingerprint density at radius 3 is 2.70 bits per heavy atom. The zero-order valence-corrected chi connectivity index (χ0v) is 11.7. The number of aryl methyl sites for hydroxylation is 1. The lowest BCUT2D eigenvalue weighted by Crippen LogP contribution is -2.43. The van der Waals surface area contributed by atoms with Gasteiger partial charge in [0.2, 0.25) is 0 Å². The van der Waals surface area contributed by atoms with Gasteiger partial charge in [0, 0.05) is 30.7 Å². The molecule has 20 heavy (non-hydrogen) atoms. The number of phenolic OH excluding ortho intramolecular Hbond substituents is 1. The average molecular weight is 279 g/mol. The van der Waals surface area contributed by atoms with Gasteiger partial charge in [0.15, 0.2) is 0 Å². The van der Waals surface area contributed by atoms with E-state index in [2.05, 4.69) is 5.32 Å². The third-order valence-corrected chi connectivity index (χ3v) is 3.98. The summed E-state index contributed by atoms with van der Waals surface area (Å²) in [5, 5.41) is 22.0. The van der Waals surface area contributed by atoms with Crippen molar-refractivity contribution in [1.82, 2.24) is 5.32 Å². The number of carbonyl (C=O) groups is 1.